The van der Waals surface area contributed by atoms with E-state index >= 15 is 0 Å². The standard InChI is InChI=1S/C11H8N2OS/c14-10-7-5-6-15-11(7)13-9-4-2-1-3-8(9)12-10/h1-6,13H,(H,12,14). The van der Waals surface area contributed by atoms with E-state index in [1.54, 1.807) is 0 Å². The first-order valence-electron chi connectivity index (χ1n) is 4.59. The molecule has 1 amide bonds. The number of para-hydroxylation sites is 2. The van der Waals surface area contributed by atoms with Crippen LogP contribution in [0.15, 0.2) is 35.7 Å². The van der Waals surface area contributed by atoms with E-state index in [4.69, 9.17) is 0 Å². The molecule has 0 radical (unpaired) electrons. The molecule has 1 aliphatic rings. The molecule has 2 aromatic rings. The van der Waals surface area contributed by atoms with Gasteiger partial charge in [0.15, 0.2) is 0 Å². The van der Waals surface area contributed by atoms with E-state index in [9.17, 15) is 4.79 Å². The molecule has 0 aliphatic carbocycles. The van der Waals surface area contributed by atoms with Crippen molar-refractivity contribution in [2.45, 2.75) is 0 Å². The molecule has 1 aliphatic heterocycles. The van der Waals surface area contributed by atoms with E-state index < -0.39 is 0 Å². The lowest BCUT2D eigenvalue weighted by Gasteiger charge is -2.05. The Balaban J connectivity index is 2.18. The van der Waals surface area contributed by atoms with Gasteiger partial charge in [-0.3, -0.25) is 4.79 Å². The fraction of sp³-hybridized carbons (Fsp3) is 0. The first-order chi connectivity index (χ1) is 7.34. The summed E-state index contributed by atoms with van der Waals surface area (Å²) in [5.41, 5.74) is 2.47. The molecule has 15 heavy (non-hydrogen) atoms. The number of carbonyl (C=O) groups is 1. The van der Waals surface area contributed by atoms with E-state index in [-0.39, 0.29) is 5.91 Å². The topological polar surface area (TPSA) is 41.1 Å². The van der Waals surface area contributed by atoms with Crippen molar-refractivity contribution in [3.63, 3.8) is 0 Å². The van der Waals surface area contributed by atoms with Crippen LogP contribution in [0.2, 0.25) is 0 Å². The summed E-state index contributed by atoms with van der Waals surface area (Å²) in [6, 6.07) is 9.51. The van der Waals surface area contributed by atoms with Crippen molar-refractivity contribution in [1.82, 2.24) is 0 Å². The summed E-state index contributed by atoms with van der Waals surface area (Å²) in [4.78, 5) is 11.8. The molecule has 0 fully saturated rings. The number of benzene rings is 1. The van der Waals surface area contributed by atoms with Crippen LogP contribution in [0, 0.1) is 0 Å². The van der Waals surface area contributed by atoms with E-state index in [0.717, 1.165) is 16.4 Å². The Kier molecular flexibility index (Phi) is 1.76. The van der Waals surface area contributed by atoms with Crippen molar-refractivity contribution in [2.24, 2.45) is 0 Å². The molecule has 0 bridgehead atoms. The Morgan fingerprint density at radius 3 is 2.53 bits per heavy atom. The first kappa shape index (κ1) is 8.49. The normalized spacial score (nSPS) is 13.2. The zero-order valence-corrected chi connectivity index (χ0v) is 8.60. The molecule has 2 heterocycles. The van der Waals surface area contributed by atoms with Crippen molar-refractivity contribution in [1.29, 1.82) is 0 Å². The zero-order valence-electron chi connectivity index (χ0n) is 7.78. The van der Waals surface area contributed by atoms with Gasteiger partial charge in [0.25, 0.3) is 5.91 Å². The summed E-state index contributed by atoms with van der Waals surface area (Å²) < 4.78 is 0. The van der Waals surface area contributed by atoms with Crippen LogP contribution in [0.1, 0.15) is 10.4 Å². The second kappa shape index (κ2) is 3.10. The number of nitrogens with one attached hydrogen (secondary N) is 2. The van der Waals surface area contributed by atoms with Gasteiger partial charge in [0.1, 0.15) is 5.00 Å². The van der Waals surface area contributed by atoms with Crippen LogP contribution in [0.4, 0.5) is 16.4 Å². The zero-order chi connectivity index (χ0) is 10.3. The van der Waals surface area contributed by atoms with Crippen LogP contribution in [-0.2, 0) is 0 Å². The molecular formula is C11H8N2OS. The molecular weight excluding hydrogens is 208 g/mol. The minimum Gasteiger partial charge on any atom is -0.345 e. The predicted octanol–water partition coefficient (Wildman–Crippen LogP) is 3.06. The van der Waals surface area contributed by atoms with Crippen molar-refractivity contribution in [2.75, 3.05) is 10.6 Å². The molecule has 0 unspecified atom stereocenters. The highest BCUT2D eigenvalue weighted by atomic mass is 32.1. The van der Waals surface area contributed by atoms with Crippen molar-refractivity contribution >= 4 is 33.6 Å². The Bertz CT molecular complexity index is 533. The van der Waals surface area contributed by atoms with E-state index in [1.807, 2.05) is 35.7 Å². The third-order valence-corrected chi connectivity index (χ3v) is 3.16. The fourth-order valence-electron chi connectivity index (χ4n) is 1.60. The smallest absolute Gasteiger partial charge is 0.258 e. The van der Waals surface area contributed by atoms with Crippen LogP contribution < -0.4 is 10.6 Å². The number of amides is 1. The van der Waals surface area contributed by atoms with E-state index in [1.165, 1.54) is 11.3 Å². The van der Waals surface area contributed by atoms with Crippen molar-refractivity contribution in [3.05, 3.63) is 41.3 Å². The summed E-state index contributed by atoms with van der Waals surface area (Å²) in [6.07, 6.45) is 0. The van der Waals surface area contributed by atoms with Crippen LogP contribution in [0.5, 0.6) is 0 Å². The molecule has 0 saturated heterocycles. The van der Waals surface area contributed by atoms with E-state index in [0.29, 0.717) is 5.56 Å². The largest absolute Gasteiger partial charge is 0.345 e. The Labute approximate surface area is 90.7 Å². The maximum Gasteiger partial charge on any atom is 0.258 e. The number of anilines is 3. The van der Waals surface area contributed by atoms with Gasteiger partial charge in [-0.15, -0.1) is 11.3 Å². The van der Waals surface area contributed by atoms with Crippen molar-refractivity contribution in [3.8, 4) is 0 Å². The minimum absolute atomic E-state index is 0.0521. The molecule has 3 rings (SSSR count). The Hall–Kier alpha value is -1.81. The van der Waals surface area contributed by atoms with Gasteiger partial charge in [0, 0.05) is 0 Å². The maximum atomic E-state index is 11.8. The summed E-state index contributed by atoms with van der Waals surface area (Å²) in [5.74, 6) is -0.0521. The monoisotopic (exact) mass is 216 g/mol. The molecule has 0 atom stereocenters. The van der Waals surface area contributed by atoms with Crippen LogP contribution >= 0.6 is 11.3 Å². The highest BCUT2D eigenvalue weighted by molar-refractivity contribution is 7.14. The third kappa shape index (κ3) is 1.30. The summed E-state index contributed by atoms with van der Waals surface area (Å²) in [5, 5.41) is 8.93. The van der Waals surface area contributed by atoms with Gasteiger partial charge < -0.3 is 10.6 Å². The Morgan fingerprint density at radius 2 is 1.73 bits per heavy atom. The van der Waals surface area contributed by atoms with Crippen LogP contribution in [0.3, 0.4) is 0 Å². The molecule has 3 nitrogen and oxygen atoms in total. The lowest BCUT2D eigenvalue weighted by atomic mass is 10.2. The maximum absolute atomic E-state index is 11.8. The fourth-order valence-corrected chi connectivity index (χ4v) is 2.39. The number of hydrogen-bond acceptors (Lipinski definition) is 3. The summed E-state index contributed by atoms with van der Waals surface area (Å²) >= 11 is 1.53. The minimum atomic E-state index is -0.0521. The van der Waals surface area contributed by atoms with Gasteiger partial charge in [0.2, 0.25) is 0 Å². The average molecular weight is 216 g/mol. The van der Waals surface area contributed by atoms with Gasteiger partial charge >= 0.3 is 0 Å². The van der Waals surface area contributed by atoms with Crippen LogP contribution in [0.25, 0.3) is 0 Å². The summed E-state index contributed by atoms with van der Waals surface area (Å²) in [7, 11) is 0. The van der Waals surface area contributed by atoms with E-state index in [2.05, 4.69) is 10.6 Å². The van der Waals surface area contributed by atoms with Gasteiger partial charge in [-0.1, -0.05) is 12.1 Å². The molecule has 1 aromatic heterocycles. The average Bonchev–Trinajstić information content (AvgIpc) is 2.64. The third-order valence-electron chi connectivity index (χ3n) is 2.33. The molecule has 1 aromatic carbocycles. The van der Waals surface area contributed by atoms with Gasteiger partial charge in [0.05, 0.1) is 16.9 Å². The number of carbonyl (C=O) groups excluding carboxylic acids is 1. The van der Waals surface area contributed by atoms with Crippen molar-refractivity contribution < 1.29 is 4.79 Å². The lowest BCUT2D eigenvalue weighted by molar-refractivity contribution is 0.102. The second-order valence-electron chi connectivity index (χ2n) is 3.29. The summed E-state index contributed by atoms with van der Waals surface area (Å²) in [6.45, 7) is 0. The Morgan fingerprint density at radius 1 is 1.00 bits per heavy atom. The SMILES string of the molecule is O=C1Nc2ccccc2Nc2sccc21. The molecule has 0 saturated carbocycles. The van der Waals surface area contributed by atoms with Gasteiger partial charge in [-0.2, -0.15) is 0 Å². The highest BCUT2D eigenvalue weighted by Crippen LogP contribution is 2.34. The predicted molar refractivity (Wildman–Crippen MR) is 62.0 cm³/mol. The quantitative estimate of drug-likeness (QED) is 0.710. The second-order valence-corrected chi connectivity index (χ2v) is 4.20. The molecule has 4 heteroatoms. The highest BCUT2D eigenvalue weighted by Gasteiger charge is 2.18. The lowest BCUT2D eigenvalue weighted by Crippen LogP contribution is -2.09. The van der Waals surface area contributed by atoms with Crippen LogP contribution in [-0.4, -0.2) is 5.91 Å². The number of thiophene rings is 1. The number of rotatable bonds is 0. The molecule has 74 valence electrons. The molecule has 0 spiro atoms. The first-order valence-corrected chi connectivity index (χ1v) is 5.47. The number of fused-ring (bicyclic) bond motifs is 2. The van der Waals surface area contributed by atoms with Gasteiger partial charge in [-0.05, 0) is 23.6 Å². The number of hydrogen-bond donors (Lipinski definition) is 2. The van der Waals surface area contributed by atoms with Gasteiger partial charge in [-0.25, -0.2) is 0 Å². The molecule has 2 N–H and O–H groups in total.